The highest BCUT2D eigenvalue weighted by molar-refractivity contribution is 14.1. The third-order valence-corrected chi connectivity index (χ3v) is 4.50. The second-order valence-electron chi connectivity index (χ2n) is 4.37. The van der Waals surface area contributed by atoms with Crippen LogP contribution in [0.3, 0.4) is 0 Å². The molecule has 2 aromatic rings. The summed E-state index contributed by atoms with van der Waals surface area (Å²) in [5.74, 6) is 1.07. The van der Waals surface area contributed by atoms with E-state index in [0.29, 0.717) is 0 Å². The standard InChI is InChI=1S/C14H17BrIN3/c1-3-7-19-8-6-18-14(19)13(17-2)11-9-10(15)4-5-12(11)16/h4-6,8-9,13,17H,3,7H2,1-2H3. The van der Waals surface area contributed by atoms with Gasteiger partial charge in [0.2, 0.25) is 0 Å². The van der Waals surface area contributed by atoms with Crippen molar-refractivity contribution in [1.29, 1.82) is 0 Å². The quantitative estimate of drug-likeness (QED) is 0.723. The molecule has 1 aromatic carbocycles. The van der Waals surface area contributed by atoms with Crippen LogP contribution in [-0.2, 0) is 6.54 Å². The third kappa shape index (κ3) is 3.38. The Morgan fingerprint density at radius 1 is 1.47 bits per heavy atom. The smallest absolute Gasteiger partial charge is 0.130 e. The minimum absolute atomic E-state index is 0.117. The number of aryl methyl sites for hydroxylation is 1. The average Bonchev–Trinajstić information content (AvgIpc) is 2.83. The predicted octanol–water partition coefficient (Wildman–Crippen LogP) is 3.97. The highest BCUT2D eigenvalue weighted by atomic mass is 127. The molecule has 5 heteroatoms. The van der Waals surface area contributed by atoms with Crippen molar-refractivity contribution in [3.8, 4) is 0 Å². The molecule has 1 heterocycles. The zero-order chi connectivity index (χ0) is 13.8. The molecule has 1 aromatic heterocycles. The van der Waals surface area contributed by atoms with Crippen LogP contribution < -0.4 is 5.32 Å². The van der Waals surface area contributed by atoms with Gasteiger partial charge < -0.3 is 9.88 Å². The number of halogens is 2. The maximum absolute atomic E-state index is 4.53. The van der Waals surface area contributed by atoms with Crippen molar-refractivity contribution in [1.82, 2.24) is 14.9 Å². The Bertz CT molecular complexity index is 553. The van der Waals surface area contributed by atoms with Gasteiger partial charge in [0.05, 0.1) is 6.04 Å². The van der Waals surface area contributed by atoms with E-state index in [0.717, 1.165) is 23.3 Å². The summed E-state index contributed by atoms with van der Waals surface area (Å²) in [5.41, 5.74) is 1.25. The molecule has 0 saturated heterocycles. The van der Waals surface area contributed by atoms with Crippen LogP contribution in [0, 0.1) is 3.57 Å². The molecule has 102 valence electrons. The summed E-state index contributed by atoms with van der Waals surface area (Å²) in [6.07, 6.45) is 5.03. The summed E-state index contributed by atoms with van der Waals surface area (Å²) in [7, 11) is 1.98. The Morgan fingerprint density at radius 3 is 2.95 bits per heavy atom. The summed E-state index contributed by atoms with van der Waals surface area (Å²) in [5, 5.41) is 3.38. The van der Waals surface area contributed by atoms with Crippen molar-refractivity contribution in [2.24, 2.45) is 0 Å². The summed E-state index contributed by atoms with van der Waals surface area (Å²) >= 11 is 5.92. The van der Waals surface area contributed by atoms with Gasteiger partial charge in [0.15, 0.2) is 0 Å². The van der Waals surface area contributed by atoms with Gasteiger partial charge in [0.25, 0.3) is 0 Å². The minimum Gasteiger partial charge on any atom is -0.333 e. The lowest BCUT2D eigenvalue weighted by Gasteiger charge is -2.19. The minimum atomic E-state index is 0.117. The molecule has 0 radical (unpaired) electrons. The molecule has 1 atom stereocenters. The first-order chi connectivity index (χ1) is 9.17. The molecule has 0 aliphatic carbocycles. The van der Waals surface area contributed by atoms with E-state index in [-0.39, 0.29) is 6.04 Å². The van der Waals surface area contributed by atoms with E-state index in [1.54, 1.807) is 0 Å². The van der Waals surface area contributed by atoms with E-state index in [2.05, 4.69) is 78.5 Å². The van der Waals surface area contributed by atoms with Crippen molar-refractivity contribution in [2.75, 3.05) is 7.05 Å². The van der Waals surface area contributed by atoms with Gasteiger partial charge in [-0.1, -0.05) is 22.9 Å². The first-order valence-corrected chi connectivity index (χ1v) is 8.17. The SMILES string of the molecule is CCCn1ccnc1C(NC)c1cc(Br)ccc1I. The summed E-state index contributed by atoms with van der Waals surface area (Å²) in [6.45, 7) is 3.18. The Labute approximate surface area is 136 Å². The highest BCUT2D eigenvalue weighted by Gasteiger charge is 2.19. The van der Waals surface area contributed by atoms with E-state index in [4.69, 9.17) is 0 Å². The zero-order valence-electron chi connectivity index (χ0n) is 11.0. The molecule has 1 unspecified atom stereocenters. The van der Waals surface area contributed by atoms with Crippen LogP contribution in [0.2, 0.25) is 0 Å². The first kappa shape index (κ1) is 15.0. The molecule has 0 fully saturated rings. The molecule has 1 N–H and O–H groups in total. The number of nitrogens with zero attached hydrogens (tertiary/aromatic N) is 2. The summed E-state index contributed by atoms with van der Waals surface area (Å²) in [6, 6.07) is 6.47. The van der Waals surface area contributed by atoms with Crippen molar-refractivity contribution in [2.45, 2.75) is 25.9 Å². The highest BCUT2D eigenvalue weighted by Crippen LogP contribution is 2.28. The second-order valence-corrected chi connectivity index (χ2v) is 6.44. The molecule has 0 aliphatic rings. The van der Waals surface area contributed by atoms with Crippen LogP contribution in [-0.4, -0.2) is 16.6 Å². The van der Waals surface area contributed by atoms with E-state index in [1.165, 1.54) is 9.13 Å². The number of benzene rings is 1. The van der Waals surface area contributed by atoms with Crippen molar-refractivity contribution in [3.63, 3.8) is 0 Å². The largest absolute Gasteiger partial charge is 0.333 e. The summed E-state index contributed by atoms with van der Waals surface area (Å²) in [4.78, 5) is 4.53. The number of aromatic nitrogens is 2. The Balaban J connectivity index is 2.44. The predicted molar refractivity (Wildman–Crippen MR) is 90.3 cm³/mol. The van der Waals surface area contributed by atoms with Gasteiger partial charge in [-0.2, -0.15) is 0 Å². The topological polar surface area (TPSA) is 29.9 Å². The number of nitrogens with one attached hydrogen (secondary N) is 1. The van der Waals surface area contributed by atoms with Crippen LogP contribution in [0.5, 0.6) is 0 Å². The normalized spacial score (nSPS) is 12.6. The zero-order valence-corrected chi connectivity index (χ0v) is 14.8. The Morgan fingerprint density at radius 2 is 2.26 bits per heavy atom. The Kier molecular flexibility index (Phi) is 5.41. The number of hydrogen-bond donors (Lipinski definition) is 1. The van der Waals surface area contributed by atoms with Gasteiger partial charge >= 0.3 is 0 Å². The van der Waals surface area contributed by atoms with Gasteiger partial charge in [-0.3, -0.25) is 0 Å². The molecule has 0 spiro atoms. The van der Waals surface area contributed by atoms with Crippen LogP contribution in [0.25, 0.3) is 0 Å². The van der Waals surface area contributed by atoms with Gasteiger partial charge in [0, 0.05) is 27.0 Å². The van der Waals surface area contributed by atoms with Gasteiger partial charge in [-0.15, -0.1) is 0 Å². The lowest BCUT2D eigenvalue weighted by Crippen LogP contribution is -2.23. The average molecular weight is 434 g/mol. The van der Waals surface area contributed by atoms with Crippen LogP contribution >= 0.6 is 38.5 Å². The molecule has 19 heavy (non-hydrogen) atoms. The molecule has 0 amide bonds. The molecule has 0 saturated carbocycles. The number of hydrogen-bond acceptors (Lipinski definition) is 2. The van der Waals surface area contributed by atoms with Crippen LogP contribution in [0.15, 0.2) is 35.1 Å². The molecule has 3 nitrogen and oxygen atoms in total. The molecular formula is C14H17BrIN3. The third-order valence-electron chi connectivity index (χ3n) is 3.03. The Hall–Kier alpha value is -0.400. The number of imidazole rings is 1. The van der Waals surface area contributed by atoms with E-state index in [9.17, 15) is 0 Å². The fraction of sp³-hybridized carbons (Fsp3) is 0.357. The number of rotatable bonds is 5. The first-order valence-electron chi connectivity index (χ1n) is 6.30. The van der Waals surface area contributed by atoms with E-state index >= 15 is 0 Å². The van der Waals surface area contributed by atoms with Gasteiger partial charge in [-0.25, -0.2) is 4.98 Å². The molecule has 0 aliphatic heterocycles. The monoisotopic (exact) mass is 433 g/mol. The van der Waals surface area contributed by atoms with Crippen molar-refractivity contribution in [3.05, 3.63) is 50.0 Å². The lowest BCUT2D eigenvalue weighted by atomic mass is 10.1. The lowest BCUT2D eigenvalue weighted by molar-refractivity contribution is 0.566. The van der Waals surface area contributed by atoms with Gasteiger partial charge in [0.1, 0.15) is 5.82 Å². The summed E-state index contributed by atoms with van der Waals surface area (Å²) < 4.78 is 4.56. The maximum atomic E-state index is 4.53. The second kappa shape index (κ2) is 6.85. The maximum Gasteiger partial charge on any atom is 0.130 e. The molecule has 2 rings (SSSR count). The van der Waals surface area contributed by atoms with E-state index in [1.807, 2.05) is 19.4 Å². The van der Waals surface area contributed by atoms with Gasteiger partial charge in [-0.05, 0) is 59.8 Å². The van der Waals surface area contributed by atoms with Crippen molar-refractivity contribution >= 4 is 38.5 Å². The van der Waals surface area contributed by atoms with E-state index < -0.39 is 0 Å². The fourth-order valence-corrected chi connectivity index (χ4v) is 3.20. The van der Waals surface area contributed by atoms with Crippen LogP contribution in [0.4, 0.5) is 0 Å². The van der Waals surface area contributed by atoms with Crippen LogP contribution in [0.1, 0.15) is 30.8 Å². The molecule has 0 bridgehead atoms. The van der Waals surface area contributed by atoms with Crippen molar-refractivity contribution < 1.29 is 0 Å². The molecular weight excluding hydrogens is 417 g/mol. The fourth-order valence-electron chi connectivity index (χ4n) is 2.17.